The predicted molar refractivity (Wildman–Crippen MR) is 183 cm³/mol. The number of aliphatic carboxylic acids is 1. The fourth-order valence-corrected chi connectivity index (χ4v) is 6.96. The number of hydrogen-bond donors (Lipinski definition) is 1. The highest BCUT2D eigenvalue weighted by Gasteiger charge is 2.36. The lowest BCUT2D eigenvalue weighted by atomic mass is 9.82. The Morgan fingerprint density at radius 1 is 1.04 bits per heavy atom. The second-order valence-electron chi connectivity index (χ2n) is 14.3. The number of fused-ring (bicyclic) bond motifs is 4. The van der Waals surface area contributed by atoms with Gasteiger partial charge in [0.1, 0.15) is 17.0 Å². The maximum absolute atomic E-state index is 12.7. The number of benzene rings is 1. The van der Waals surface area contributed by atoms with E-state index in [1.807, 2.05) is 32.9 Å². The van der Waals surface area contributed by atoms with Gasteiger partial charge in [-0.25, -0.2) is 24.7 Å². The molecule has 11 heteroatoms. The lowest BCUT2D eigenvalue weighted by Crippen LogP contribution is -2.39. The average molecular weight is 655 g/mol. The van der Waals surface area contributed by atoms with E-state index >= 15 is 0 Å². The lowest BCUT2D eigenvalue weighted by Gasteiger charge is -2.40. The van der Waals surface area contributed by atoms with E-state index in [1.165, 1.54) is 11.1 Å². The van der Waals surface area contributed by atoms with Crippen molar-refractivity contribution in [1.82, 2.24) is 19.9 Å². The summed E-state index contributed by atoms with van der Waals surface area (Å²) in [6.07, 6.45) is 6.54. The summed E-state index contributed by atoms with van der Waals surface area (Å²) in [4.78, 5) is 35.2. The predicted octanol–water partition coefficient (Wildman–Crippen LogP) is 7.62. The van der Waals surface area contributed by atoms with Crippen molar-refractivity contribution in [2.24, 2.45) is 5.41 Å². The van der Waals surface area contributed by atoms with Crippen molar-refractivity contribution in [2.45, 2.75) is 72.1 Å². The van der Waals surface area contributed by atoms with Gasteiger partial charge >= 0.3 is 5.97 Å². The third kappa shape index (κ3) is 6.00. The molecule has 0 aliphatic carbocycles. The number of carbonyl (C=O) groups is 1. The first-order valence-electron chi connectivity index (χ1n) is 16.1. The molecule has 0 radical (unpaired) electrons. The van der Waals surface area contributed by atoms with Gasteiger partial charge in [-0.05, 0) is 74.3 Å². The smallest absolute Gasteiger partial charge is 0.337 e. The molecular weight excluding hydrogens is 616 g/mol. The fraction of sp³-hybridized carbons (Fsp3) is 0.417. The molecule has 7 rings (SSSR count). The molecule has 0 saturated carbocycles. The number of furan rings is 1. The van der Waals surface area contributed by atoms with Crippen LogP contribution in [0.25, 0.3) is 33.3 Å². The number of carboxylic acid groups (broad SMARTS) is 1. The maximum Gasteiger partial charge on any atom is 0.337 e. The summed E-state index contributed by atoms with van der Waals surface area (Å²) in [5.74, 6) is -0.341. The van der Waals surface area contributed by atoms with Crippen molar-refractivity contribution in [2.75, 3.05) is 29.4 Å². The Bertz CT molecular complexity index is 1990. The van der Waals surface area contributed by atoms with Crippen molar-refractivity contribution in [1.29, 1.82) is 0 Å². The van der Waals surface area contributed by atoms with Gasteiger partial charge in [0.2, 0.25) is 5.71 Å². The van der Waals surface area contributed by atoms with Crippen LogP contribution in [0.2, 0.25) is 5.15 Å². The Morgan fingerprint density at radius 2 is 1.83 bits per heavy atom. The monoisotopic (exact) mass is 654 g/mol. The molecule has 2 aliphatic rings. The highest BCUT2D eigenvalue weighted by Crippen LogP contribution is 2.45. The maximum atomic E-state index is 12.7. The second kappa shape index (κ2) is 11.8. The molecule has 0 unspecified atom stereocenters. The van der Waals surface area contributed by atoms with E-state index < -0.39 is 17.7 Å². The standard InChI is InChI=1S/C36H39ClN6O4/c1-35(2,3)47-29(34(44)45)26-28(42-15-11-36(4,5)12-16-42)25(18-39-31(26)37)22-8-9-23-19-43(14-10-21(23)17-22)32-30-27(40-20-41-32)24-7-6-13-38-33(24)46-30/h6-9,13,17-18,20,29H,10-12,14-16,19H2,1-5H3,(H,44,45)/t29-/m0/s1. The zero-order valence-corrected chi connectivity index (χ0v) is 28.1. The number of anilines is 2. The van der Waals surface area contributed by atoms with Crippen molar-refractivity contribution in [3.05, 3.63) is 70.9 Å². The molecule has 1 fully saturated rings. The molecule has 2 aliphatic heterocycles. The minimum Gasteiger partial charge on any atom is -0.479 e. The number of carboxylic acids is 1. The van der Waals surface area contributed by atoms with Gasteiger partial charge in [-0.2, -0.15) is 0 Å². The van der Waals surface area contributed by atoms with Gasteiger partial charge in [0.15, 0.2) is 17.5 Å². The molecule has 1 saturated heterocycles. The van der Waals surface area contributed by atoms with Crippen molar-refractivity contribution >= 4 is 51.3 Å². The van der Waals surface area contributed by atoms with Gasteiger partial charge < -0.3 is 24.1 Å². The largest absolute Gasteiger partial charge is 0.479 e. The summed E-state index contributed by atoms with van der Waals surface area (Å²) < 4.78 is 12.3. The summed E-state index contributed by atoms with van der Waals surface area (Å²) in [5.41, 5.74) is 6.86. The zero-order chi connectivity index (χ0) is 33.1. The lowest BCUT2D eigenvalue weighted by molar-refractivity contribution is -0.160. The number of aromatic nitrogens is 4. The van der Waals surface area contributed by atoms with E-state index in [4.69, 9.17) is 20.8 Å². The SMILES string of the molecule is CC1(C)CCN(c2c(-c3ccc4c(c3)CCN(c3ncnc5c3oc3ncccc35)C4)cnc(Cl)c2[C@H](OC(C)(C)C)C(=O)O)CC1. The Morgan fingerprint density at radius 3 is 2.57 bits per heavy atom. The van der Waals surface area contributed by atoms with E-state index in [9.17, 15) is 9.90 Å². The normalized spacial score (nSPS) is 17.2. The van der Waals surface area contributed by atoms with Crippen LogP contribution < -0.4 is 9.80 Å². The first-order chi connectivity index (χ1) is 22.4. The summed E-state index contributed by atoms with van der Waals surface area (Å²) in [7, 11) is 0. The molecule has 10 nitrogen and oxygen atoms in total. The number of halogens is 1. The highest BCUT2D eigenvalue weighted by atomic mass is 35.5. The Balaban J connectivity index is 1.28. The molecule has 0 spiro atoms. The molecule has 1 aromatic carbocycles. The quantitative estimate of drug-likeness (QED) is 0.183. The van der Waals surface area contributed by atoms with Gasteiger partial charge in [0, 0.05) is 44.1 Å². The van der Waals surface area contributed by atoms with Gasteiger partial charge in [-0.3, -0.25) is 0 Å². The molecular formula is C36H39ClN6O4. The van der Waals surface area contributed by atoms with Gasteiger partial charge in [-0.1, -0.05) is 43.6 Å². The van der Waals surface area contributed by atoms with Crippen molar-refractivity contribution < 1.29 is 19.1 Å². The van der Waals surface area contributed by atoms with E-state index in [0.29, 0.717) is 23.4 Å². The van der Waals surface area contributed by atoms with Crippen LogP contribution in [0.5, 0.6) is 0 Å². The first kappa shape index (κ1) is 31.3. The summed E-state index contributed by atoms with van der Waals surface area (Å²) in [6, 6.07) is 10.3. The third-order valence-corrected chi connectivity index (χ3v) is 9.57. The summed E-state index contributed by atoms with van der Waals surface area (Å²) in [5, 5.41) is 11.4. The van der Waals surface area contributed by atoms with E-state index in [0.717, 1.165) is 72.4 Å². The Labute approximate surface area is 278 Å². The molecule has 244 valence electrons. The summed E-state index contributed by atoms with van der Waals surface area (Å²) in [6.45, 7) is 13.1. The van der Waals surface area contributed by atoms with Crippen LogP contribution in [0.15, 0.2) is 53.5 Å². The molecule has 0 amide bonds. The van der Waals surface area contributed by atoms with Crippen molar-refractivity contribution in [3.8, 4) is 11.1 Å². The van der Waals surface area contributed by atoms with Crippen LogP contribution in [0.3, 0.4) is 0 Å². The molecule has 6 heterocycles. The van der Waals surface area contributed by atoms with E-state index in [1.54, 1.807) is 18.7 Å². The second-order valence-corrected chi connectivity index (χ2v) is 14.7. The first-order valence-corrected chi connectivity index (χ1v) is 16.5. The number of rotatable bonds is 6. The Kier molecular flexibility index (Phi) is 7.83. The van der Waals surface area contributed by atoms with Gasteiger partial charge in [0.05, 0.1) is 22.2 Å². The molecule has 47 heavy (non-hydrogen) atoms. The fourth-order valence-electron chi connectivity index (χ4n) is 6.73. The number of nitrogens with zero attached hydrogens (tertiary/aromatic N) is 6. The number of piperidine rings is 1. The van der Waals surface area contributed by atoms with Gasteiger partial charge in [0.25, 0.3) is 0 Å². The number of ether oxygens (including phenoxy) is 1. The van der Waals surface area contributed by atoms with Crippen LogP contribution in [-0.2, 0) is 22.5 Å². The number of hydrogen-bond acceptors (Lipinski definition) is 9. The zero-order valence-electron chi connectivity index (χ0n) is 27.4. The molecule has 5 aromatic rings. The molecule has 4 aromatic heterocycles. The minimum atomic E-state index is -1.27. The van der Waals surface area contributed by atoms with E-state index in [-0.39, 0.29) is 10.6 Å². The Hall–Kier alpha value is -4.28. The van der Waals surface area contributed by atoms with Crippen LogP contribution in [0.4, 0.5) is 11.5 Å². The van der Waals surface area contributed by atoms with Crippen LogP contribution >= 0.6 is 11.6 Å². The van der Waals surface area contributed by atoms with E-state index in [2.05, 4.69) is 61.8 Å². The molecule has 1 N–H and O–H groups in total. The molecule has 1 atom stereocenters. The van der Waals surface area contributed by atoms with Crippen molar-refractivity contribution in [3.63, 3.8) is 0 Å². The highest BCUT2D eigenvalue weighted by molar-refractivity contribution is 6.31. The summed E-state index contributed by atoms with van der Waals surface area (Å²) >= 11 is 6.78. The van der Waals surface area contributed by atoms with Crippen LogP contribution in [-0.4, -0.2) is 56.2 Å². The third-order valence-electron chi connectivity index (χ3n) is 9.27. The van der Waals surface area contributed by atoms with Crippen LogP contribution in [0.1, 0.15) is 70.3 Å². The topological polar surface area (TPSA) is 118 Å². The van der Waals surface area contributed by atoms with Gasteiger partial charge in [-0.15, -0.1) is 0 Å². The minimum absolute atomic E-state index is 0.149. The van der Waals surface area contributed by atoms with Crippen LogP contribution in [0, 0.1) is 5.41 Å². The average Bonchev–Trinajstić information content (AvgIpc) is 3.42. The number of pyridine rings is 2. The molecule has 0 bridgehead atoms.